The minimum atomic E-state index is -0.850. The Labute approximate surface area is 125 Å². The summed E-state index contributed by atoms with van der Waals surface area (Å²) in [7, 11) is 0. The fraction of sp³-hybridized carbons (Fsp3) is 0.429. The highest BCUT2D eigenvalue weighted by molar-refractivity contribution is 9.10. The number of hydrogen-bond acceptors (Lipinski definition) is 3. The number of carboxylic acids is 1. The number of nitrogens with one attached hydrogen (secondary N) is 1. The third kappa shape index (κ3) is 3.30. The third-order valence-corrected chi connectivity index (χ3v) is 4.07. The molecule has 1 atom stereocenters. The quantitative estimate of drug-likeness (QED) is 0.831. The highest BCUT2D eigenvalue weighted by Gasteiger charge is 2.50. The molecule has 0 aromatic heterocycles. The molecule has 1 aromatic rings. The van der Waals surface area contributed by atoms with Crippen LogP contribution in [0.25, 0.3) is 0 Å². The maximum atomic E-state index is 11.9. The molecule has 6 heteroatoms. The molecule has 1 unspecified atom stereocenters. The average molecular weight is 342 g/mol. The van der Waals surface area contributed by atoms with Crippen molar-refractivity contribution in [1.82, 2.24) is 5.32 Å². The summed E-state index contributed by atoms with van der Waals surface area (Å²) in [6, 6.07) is 7.25. The minimum Gasteiger partial charge on any atom is -0.481 e. The Morgan fingerprint density at radius 1 is 1.45 bits per heavy atom. The lowest BCUT2D eigenvalue weighted by molar-refractivity contribution is -0.143. The third-order valence-electron chi connectivity index (χ3n) is 3.42. The van der Waals surface area contributed by atoms with Gasteiger partial charge in [-0.15, -0.1) is 0 Å². The number of halogens is 1. The van der Waals surface area contributed by atoms with Gasteiger partial charge in [0.25, 0.3) is 5.91 Å². The van der Waals surface area contributed by atoms with Gasteiger partial charge in [0.05, 0.1) is 9.89 Å². The van der Waals surface area contributed by atoms with E-state index in [1.807, 2.05) is 18.2 Å². The van der Waals surface area contributed by atoms with Crippen LogP contribution in [0.2, 0.25) is 0 Å². The summed E-state index contributed by atoms with van der Waals surface area (Å²) in [6.45, 7) is 1.79. The summed E-state index contributed by atoms with van der Waals surface area (Å²) in [5.41, 5.74) is -0.761. The van der Waals surface area contributed by atoms with E-state index >= 15 is 0 Å². The van der Waals surface area contributed by atoms with Gasteiger partial charge in [-0.1, -0.05) is 12.1 Å². The number of benzene rings is 1. The molecule has 0 radical (unpaired) electrons. The van der Waals surface area contributed by atoms with Crippen LogP contribution in [0.3, 0.4) is 0 Å². The number of para-hydroxylation sites is 1. The van der Waals surface area contributed by atoms with Crippen LogP contribution in [0, 0.1) is 5.41 Å². The Balaban J connectivity index is 1.87. The molecule has 0 aliphatic heterocycles. The van der Waals surface area contributed by atoms with Crippen LogP contribution in [-0.2, 0) is 9.59 Å². The summed E-state index contributed by atoms with van der Waals surface area (Å²) in [4.78, 5) is 22.9. The van der Waals surface area contributed by atoms with Gasteiger partial charge >= 0.3 is 5.97 Å². The van der Waals surface area contributed by atoms with Crippen molar-refractivity contribution >= 4 is 27.8 Å². The largest absolute Gasteiger partial charge is 0.481 e. The van der Waals surface area contributed by atoms with Crippen LogP contribution < -0.4 is 10.1 Å². The van der Waals surface area contributed by atoms with Crippen molar-refractivity contribution in [3.63, 3.8) is 0 Å². The van der Waals surface area contributed by atoms with Gasteiger partial charge in [-0.2, -0.15) is 0 Å². The molecule has 1 saturated carbocycles. The smallest absolute Gasteiger partial charge is 0.311 e. The molecule has 1 aliphatic carbocycles. The van der Waals surface area contributed by atoms with Gasteiger partial charge in [0.1, 0.15) is 5.75 Å². The Morgan fingerprint density at radius 2 is 2.10 bits per heavy atom. The van der Waals surface area contributed by atoms with Crippen molar-refractivity contribution in [2.24, 2.45) is 5.41 Å². The first kappa shape index (κ1) is 14.8. The predicted molar refractivity (Wildman–Crippen MR) is 76.5 cm³/mol. The zero-order valence-corrected chi connectivity index (χ0v) is 12.6. The summed E-state index contributed by atoms with van der Waals surface area (Å²) >= 11 is 3.34. The first-order valence-electron chi connectivity index (χ1n) is 6.37. The summed E-state index contributed by atoms with van der Waals surface area (Å²) in [5.74, 6) is -0.583. The van der Waals surface area contributed by atoms with Gasteiger partial charge in [-0.3, -0.25) is 9.59 Å². The van der Waals surface area contributed by atoms with Gasteiger partial charge in [0.2, 0.25) is 0 Å². The molecule has 2 N–H and O–H groups in total. The van der Waals surface area contributed by atoms with Crippen molar-refractivity contribution in [2.75, 3.05) is 6.54 Å². The number of carboxylic acid groups (broad SMARTS) is 1. The fourth-order valence-corrected chi connectivity index (χ4v) is 2.18. The Hall–Kier alpha value is -1.56. The Morgan fingerprint density at radius 3 is 2.65 bits per heavy atom. The number of ether oxygens (including phenoxy) is 1. The van der Waals surface area contributed by atoms with Gasteiger partial charge in [-0.05, 0) is 47.8 Å². The van der Waals surface area contributed by atoms with Gasteiger partial charge in [0, 0.05) is 6.54 Å². The molecule has 1 aromatic carbocycles. The Bertz CT molecular complexity index is 528. The fourth-order valence-electron chi connectivity index (χ4n) is 1.80. The minimum absolute atomic E-state index is 0.158. The molecule has 0 bridgehead atoms. The van der Waals surface area contributed by atoms with Crippen molar-refractivity contribution in [2.45, 2.75) is 25.9 Å². The van der Waals surface area contributed by atoms with E-state index in [4.69, 9.17) is 9.84 Å². The summed E-state index contributed by atoms with van der Waals surface area (Å²) in [5, 5.41) is 11.7. The number of hydrogen-bond donors (Lipinski definition) is 2. The molecular weight excluding hydrogens is 326 g/mol. The van der Waals surface area contributed by atoms with Crippen molar-refractivity contribution < 1.29 is 19.4 Å². The summed E-state index contributed by atoms with van der Waals surface area (Å²) < 4.78 is 6.31. The maximum Gasteiger partial charge on any atom is 0.311 e. The maximum absolute atomic E-state index is 11.9. The van der Waals surface area contributed by atoms with E-state index in [1.165, 1.54) is 0 Å². The summed E-state index contributed by atoms with van der Waals surface area (Å²) in [6.07, 6.45) is 0.544. The first-order valence-corrected chi connectivity index (χ1v) is 7.16. The number of rotatable bonds is 6. The lowest BCUT2D eigenvalue weighted by Crippen LogP contribution is -2.41. The Kier molecular flexibility index (Phi) is 4.32. The van der Waals surface area contributed by atoms with Crippen molar-refractivity contribution in [3.05, 3.63) is 28.7 Å². The van der Waals surface area contributed by atoms with Gasteiger partial charge in [-0.25, -0.2) is 0 Å². The average Bonchev–Trinajstić information content (AvgIpc) is 3.20. The molecule has 20 heavy (non-hydrogen) atoms. The van der Waals surface area contributed by atoms with Crippen LogP contribution in [0.15, 0.2) is 28.7 Å². The molecule has 5 nitrogen and oxygen atoms in total. The second-order valence-electron chi connectivity index (χ2n) is 4.99. The second kappa shape index (κ2) is 5.83. The standard InChI is InChI=1S/C14H16BrNO4/c1-9(20-11-5-3-2-4-10(11)15)12(17)16-8-14(6-7-14)13(18)19/h2-5,9H,6-8H2,1H3,(H,16,17)(H,18,19). The van der Waals surface area contributed by atoms with E-state index < -0.39 is 17.5 Å². The zero-order valence-electron chi connectivity index (χ0n) is 11.1. The molecule has 0 heterocycles. The number of carbonyl (C=O) groups excluding carboxylic acids is 1. The second-order valence-corrected chi connectivity index (χ2v) is 5.85. The molecule has 1 amide bonds. The van der Waals surface area contributed by atoms with Crippen molar-refractivity contribution in [1.29, 1.82) is 0 Å². The molecule has 1 fully saturated rings. The van der Waals surface area contributed by atoms with E-state index in [0.29, 0.717) is 18.6 Å². The van der Waals surface area contributed by atoms with Crippen LogP contribution in [0.1, 0.15) is 19.8 Å². The number of aliphatic carboxylic acids is 1. The molecular formula is C14H16BrNO4. The topological polar surface area (TPSA) is 75.6 Å². The molecule has 1 aliphatic rings. The van der Waals surface area contributed by atoms with Crippen LogP contribution in [0.4, 0.5) is 0 Å². The van der Waals surface area contributed by atoms with E-state index in [9.17, 15) is 9.59 Å². The number of carbonyl (C=O) groups is 2. The van der Waals surface area contributed by atoms with Crippen LogP contribution >= 0.6 is 15.9 Å². The first-order chi connectivity index (χ1) is 9.44. The lowest BCUT2D eigenvalue weighted by Gasteiger charge is -2.17. The predicted octanol–water partition coefficient (Wildman–Crippen LogP) is 2.20. The van der Waals surface area contributed by atoms with Gasteiger partial charge in [0.15, 0.2) is 6.10 Å². The van der Waals surface area contributed by atoms with E-state index in [1.54, 1.807) is 13.0 Å². The zero-order chi connectivity index (χ0) is 14.8. The monoisotopic (exact) mass is 341 g/mol. The normalized spacial score (nSPS) is 17.1. The molecule has 0 spiro atoms. The van der Waals surface area contributed by atoms with E-state index in [0.717, 1.165) is 4.47 Å². The molecule has 0 saturated heterocycles. The van der Waals surface area contributed by atoms with Crippen molar-refractivity contribution in [3.8, 4) is 5.75 Å². The van der Waals surface area contributed by atoms with Crippen LogP contribution in [0.5, 0.6) is 5.75 Å². The highest BCUT2D eigenvalue weighted by atomic mass is 79.9. The SMILES string of the molecule is CC(Oc1ccccc1Br)C(=O)NCC1(C(=O)O)CC1. The number of amides is 1. The highest BCUT2D eigenvalue weighted by Crippen LogP contribution is 2.45. The lowest BCUT2D eigenvalue weighted by atomic mass is 10.1. The van der Waals surface area contributed by atoms with Crippen LogP contribution in [-0.4, -0.2) is 29.6 Å². The van der Waals surface area contributed by atoms with E-state index in [-0.39, 0.29) is 12.5 Å². The van der Waals surface area contributed by atoms with E-state index in [2.05, 4.69) is 21.2 Å². The molecule has 108 valence electrons. The molecule has 2 rings (SSSR count). The van der Waals surface area contributed by atoms with Gasteiger partial charge < -0.3 is 15.2 Å².